The molecule has 6 heteroatoms. The first kappa shape index (κ1) is 12.6. The van der Waals surface area contributed by atoms with Crippen molar-refractivity contribution in [1.29, 1.82) is 0 Å². The van der Waals surface area contributed by atoms with Crippen LogP contribution in [0.2, 0.25) is 0 Å². The Morgan fingerprint density at radius 1 is 1.38 bits per heavy atom. The van der Waals surface area contributed by atoms with E-state index in [4.69, 9.17) is 5.73 Å². The van der Waals surface area contributed by atoms with Crippen LogP contribution < -0.4 is 11.1 Å². The Labute approximate surface area is 95.2 Å². The third-order valence-corrected chi connectivity index (χ3v) is 2.24. The summed E-state index contributed by atoms with van der Waals surface area (Å²) in [6.45, 7) is 1.96. The molecular weight excluding hydrogens is 206 g/mol. The number of nitrogens with zero attached hydrogens (tertiary/aromatic N) is 3. The van der Waals surface area contributed by atoms with E-state index in [0.29, 0.717) is 26.1 Å². The average molecular weight is 225 g/mol. The van der Waals surface area contributed by atoms with E-state index in [-0.39, 0.29) is 5.91 Å². The predicted octanol–water partition coefficient (Wildman–Crippen LogP) is -0.0866. The molecule has 0 unspecified atom stereocenters. The minimum atomic E-state index is 0.0946. The van der Waals surface area contributed by atoms with Crippen molar-refractivity contribution in [3.63, 3.8) is 0 Å². The Balaban J connectivity index is 1.98. The topological polar surface area (TPSA) is 85.8 Å². The quantitative estimate of drug-likeness (QED) is 0.606. The molecule has 0 saturated heterocycles. The van der Waals surface area contributed by atoms with Crippen LogP contribution in [0.5, 0.6) is 0 Å². The first-order chi connectivity index (χ1) is 7.83. The number of amides is 1. The van der Waals surface area contributed by atoms with Gasteiger partial charge in [-0.3, -0.25) is 9.48 Å². The summed E-state index contributed by atoms with van der Waals surface area (Å²) in [5, 5.41) is 10.3. The molecule has 6 nitrogen and oxygen atoms in total. The predicted molar refractivity (Wildman–Crippen MR) is 60.6 cm³/mol. The summed E-state index contributed by atoms with van der Waals surface area (Å²) >= 11 is 0. The van der Waals surface area contributed by atoms with Crippen molar-refractivity contribution in [2.45, 2.75) is 32.2 Å². The van der Waals surface area contributed by atoms with Crippen molar-refractivity contribution in [1.82, 2.24) is 20.3 Å². The van der Waals surface area contributed by atoms with Crippen molar-refractivity contribution in [3.8, 4) is 0 Å². The maximum Gasteiger partial charge on any atom is 0.220 e. The van der Waals surface area contributed by atoms with E-state index in [1.54, 1.807) is 17.1 Å². The molecule has 1 amide bonds. The van der Waals surface area contributed by atoms with Crippen molar-refractivity contribution >= 4 is 5.91 Å². The molecule has 0 spiro atoms. The van der Waals surface area contributed by atoms with Gasteiger partial charge in [-0.1, -0.05) is 11.6 Å². The van der Waals surface area contributed by atoms with E-state index in [1.807, 2.05) is 0 Å². The minimum Gasteiger partial charge on any atom is -0.354 e. The van der Waals surface area contributed by atoms with Gasteiger partial charge in [0.2, 0.25) is 5.91 Å². The number of unbranched alkanes of at least 4 members (excludes halogenated alkanes) is 2. The zero-order chi connectivity index (χ0) is 11.6. The standard InChI is InChI=1S/C10H19N5O/c11-5-3-1-2-4-10(16)12-6-8-15-9-7-13-14-15/h7,9H,1-6,8,11H2,(H,12,16). The Morgan fingerprint density at radius 2 is 2.25 bits per heavy atom. The molecular formula is C10H19N5O. The second-order valence-electron chi connectivity index (χ2n) is 3.62. The van der Waals surface area contributed by atoms with E-state index >= 15 is 0 Å². The van der Waals surface area contributed by atoms with Gasteiger partial charge in [0.1, 0.15) is 0 Å². The van der Waals surface area contributed by atoms with Crippen LogP contribution in [0, 0.1) is 0 Å². The Bertz CT molecular complexity index is 285. The van der Waals surface area contributed by atoms with E-state index in [1.165, 1.54) is 0 Å². The highest BCUT2D eigenvalue weighted by atomic mass is 16.1. The lowest BCUT2D eigenvalue weighted by molar-refractivity contribution is -0.121. The van der Waals surface area contributed by atoms with Crippen LogP contribution in [0.4, 0.5) is 0 Å². The third kappa shape index (κ3) is 5.45. The molecule has 0 aliphatic heterocycles. The molecule has 3 N–H and O–H groups in total. The first-order valence-electron chi connectivity index (χ1n) is 5.64. The number of nitrogens with two attached hydrogens (primary N) is 1. The van der Waals surface area contributed by atoms with E-state index < -0.39 is 0 Å². The second kappa shape index (κ2) is 7.81. The van der Waals surface area contributed by atoms with Crippen LogP contribution in [0.1, 0.15) is 25.7 Å². The molecule has 1 heterocycles. The first-order valence-corrected chi connectivity index (χ1v) is 5.64. The summed E-state index contributed by atoms with van der Waals surface area (Å²) < 4.78 is 1.69. The van der Waals surface area contributed by atoms with Crippen molar-refractivity contribution in [2.24, 2.45) is 5.73 Å². The lowest BCUT2D eigenvalue weighted by Gasteiger charge is -2.04. The monoisotopic (exact) mass is 225 g/mol. The van der Waals surface area contributed by atoms with Gasteiger partial charge in [-0.2, -0.15) is 0 Å². The fourth-order valence-electron chi connectivity index (χ4n) is 1.36. The number of carbonyl (C=O) groups excluding carboxylic acids is 1. The van der Waals surface area contributed by atoms with Crippen LogP contribution in [0.25, 0.3) is 0 Å². The molecule has 0 atom stereocenters. The summed E-state index contributed by atoms with van der Waals surface area (Å²) in [5.74, 6) is 0.0946. The summed E-state index contributed by atoms with van der Waals surface area (Å²) in [6, 6.07) is 0. The molecule has 90 valence electrons. The van der Waals surface area contributed by atoms with Crippen LogP contribution in [-0.2, 0) is 11.3 Å². The maximum absolute atomic E-state index is 11.3. The molecule has 0 aliphatic carbocycles. The Kier molecular flexibility index (Phi) is 6.17. The second-order valence-corrected chi connectivity index (χ2v) is 3.62. The summed E-state index contributed by atoms with van der Waals surface area (Å²) in [4.78, 5) is 11.3. The van der Waals surface area contributed by atoms with Gasteiger partial charge in [0, 0.05) is 19.2 Å². The lowest BCUT2D eigenvalue weighted by atomic mass is 10.2. The fourth-order valence-corrected chi connectivity index (χ4v) is 1.36. The third-order valence-electron chi connectivity index (χ3n) is 2.24. The average Bonchev–Trinajstić information content (AvgIpc) is 2.77. The molecule has 0 aliphatic rings. The molecule has 0 fully saturated rings. The normalized spacial score (nSPS) is 10.3. The van der Waals surface area contributed by atoms with Gasteiger partial charge in [0.15, 0.2) is 0 Å². The molecule has 1 aromatic heterocycles. The molecule has 1 rings (SSSR count). The fraction of sp³-hybridized carbons (Fsp3) is 0.700. The van der Waals surface area contributed by atoms with Crippen LogP contribution in [0.15, 0.2) is 12.4 Å². The Hall–Kier alpha value is -1.43. The zero-order valence-electron chi connectivity index (χ0n) is 9.43. The van der Waals surface area contributed by atoms with Gasteiger partial charge in [0.25, 0.3) is 0 Å². The maximum atomic E-state index is 11.3. The van der Waals surface area contributed by atoms with Gasteiger partial charge in [-0.25, -0.2) is 0 Å². The number of hydrogen-bond acceptors (Lipinski definition) is 4. The van der Waals surface area contributed by atoms with E-state index in [2.05, 4.69) is 15.6 Å². The highest BCUT2D eigenvalue weighted by Gasteiger charge is 2.00. The molecule has 0 radical (unpaired) electrons. The summed E-state index contributed by atoms with van der Waals surface area (Å²) in [5.41, 5.74) is 5.36. The number of aromatic nitrogens is 3. The summed E-state index contributed by atoms with van der Waals surface area (Å²) in [7, 11) is 0. The van der Waals surface area contributed by atoms with Gasteiger partial charge in [-0.15, -0.1) is 5.10 Å². The van der Waals surface area contributed by atoms with Gasteiger partial charge < -0.3 is 11.1 Å². The lowest BCUT2D eigenvalue weighted by Crippen LogP contribution is -2.27. The number of carbonyl (C=O) groups is 1. The van der Waals surface area contributed by atoms with Gasteiger partial charge in [-0.05, 0) is 19.4 Å². The zero-order valence-corrected chi connectivity index (χ0v) is 9.43. The number of nitrogens with one attached hydrogen (secondary N) is 1. The Morgan fingerprint density at radius 3 is 2.94 bits per heavy atom. The number of rotatable bonds is 8. The van der Waals surface area contributed by atoms with Gasteiger partial charge >= 0.3 is 0 Å². The minimum absolute atomic E-state index is 0.0946. The molecule has 0 aromatic carbocycles. The summed E-state index contributed by atoms with van der Waals surface area (Å²) in [6.07, 6.45) is 6.89. The van der Waals surface area contributed by atoms with Crippen molar-refractivity contribution < 1.29 is 4.79 Å². The SMILES string of the molecule is NCCCCCC(=O)NCCn1ccnn1. The van der Waals surface area contributed by atoms with Crippen LogP contribution in [0.3, 0.4) is 0 Å². The highest BCUT2D eigenvalue weighted by Crippen LogP contribution is 1.97. The van der Waals surface area contributed by atoms with Crippen molar-refractivity contribution in [2.75, 3.05) is 13.1 Å². The van der Waals surface area contributed by atoms with Crippen molar-refractivity contribution in [3.05, 3.63) is 12.4 Å². The largest absolute Gasteiger partial charge is 0.354 e. The molecule has 1 aromatic rings. The van der Waals surface area contributed by atoms with Crippen LogP contribution in [-0.4, -0.2) is 34.0 Å². The molecule has 0 bridgehead atoms. The molecule has 16 heavy (non-hydrogen) atoms. The molecule has 0 saturated carbocycles. The van der Waals surface area contributed by atoms with Crippen LogP contribution >= 0.6 is 0 Å². The smallest absolute Gasteiger partial charge is 0.220 e. The van der Waals surface area contributed by atoms with E-state index in [0.717, 1.165) is 19.3 Å². The number of hydrogen-bond donors (Lipinski definition) is 2. The van der Waals surface area contributed by atoms with E-state index in [9.17, 15) is 4.79 Å². The highest BCUT2D eigenvalue weighted by molar-refractivity contribution is 5.75. The van der Waals surface area contributed by atoms with Gasteiger partial charge in [0.05, 0.1) is 12.7 Å².